The molecule has 6 heteroatoms. The van der Waals surface area contributed by atoms with Crippen molar-refractivity contribution in [2.45, 2.75) is 6.42 Å². The summed E-state index contributed by atoms with van der Waals surface area (Å²) in [7, 11) is 1.51. The van der Waals surface area contributed by atoms with Crippen molar-refractivity contribution in [1.29, 1.82) is 0 Å². The Morgan fingerprint density at radius 1 is 1.56 bits per heavy atom. The van der Waals surface area contributed by atoms with Gasteiger partial charge in [0.15, 0.2) is 0 Å². The number of hydrogen-bond acceptors (Lipinski definition) is 4. The first-order valence-electron chi connectivity index (χ1n) is 5.49. The molecule has 96 valence electrons. The number of carbonyl (C=O) groups excluding carboxylic acids is 1. The van der Waals surface area contributed by atoms with E-state index in [1.165, 1.54) is 12.0 Å². The van der Waals surface area contributed by atoms with Gasteiger partial charge in [-0.15, -0.1) is 0 Å². The Balaban J connectivity index is 2.24. The van der Waals surface area contributed by atoms with E-state index in [4.69, 9.17) is 15.6 Å². The summed E-state index contributed by atoms with van der Waals surface area (Å²) in [6.45, 7) is 0.180. The monoisotopic (exact) mass is 250 g/mol. The molecule has 1 atom stereocenters. The Kier molecular flexibility index (Phi) is 3.10. The van der Waals surface area contributed by atoms with Crippen molar-refractivity contribution in [3.8, 4) is 5.75 Å². The van der Waals surface area contributed by atoms with Crippen LogP contribution in [0.3, 0.4) is 0 Å². The highest BCUT2D eigenvalue weighted by molar-refractivity contribution is 5.99. The van der Waals surface area contributed by atoms with Crippen molar-refractivity contribution in [3.63, 3.8) is 0 Å². The quantitative estimate of drug-likeness (QED) is 0.771. The predicted molar refractivity (Wildman–Crippen MR) is 65.5 cm³/mol. The molecule has 1 aliphatic heterocycles. The zero-order valence-electron chi connectivity index (χ0n) is 9.92. The molecule has 1 aliphatic rings. The van der Waals surface area contributed by atoms with Crippen molar-refractivity contribution >= 4 is 23.3 Å². The van der Waals surface area contributed by atoms with Crippen LogP contribution in [0.1, 0.15) is 6.42 Å². The maximum absolute atomic E-state index is 11.7. The number of benzene rings is 1. The maximum atomic E-state index is 11.7. The summed E-state index contributed by atoms with van der Waals surface area (Å²) in [6, 6.07) is 4.96. The number of amides is 1. The first kappa shape index (κ1) is 12.2. The fourth-order valence-corrected chi connectivity index (χ4v) is 2.01. The molecule has 1 unspecified atom stereocenters. The highest BCUT2D eigenvalue weighted by atomic mass is 16.5. The van der Waals surface area contributed by atoms with Gasteiger partial charge >= 0.3 is 5.97 Å². The molecular formula is C12H14N2O4. The SMILES string of the molecule is COc1ccc(N2CC(C(=O)O)CC2=O)cc1N. The molecule has 1 fully saturated rings. The molecule has 1 aromatic carbocycles. The molecule has 0 saturated carbocycles. The average Bonchev–Trinajstić information content (AvgIpc) is 2.71. The van der Waals surface area contributed by atoms with Gasteiger partial charge in [-0.2, -0.15) is 0 Å². The minimum Gasteiger partial charge on any atom is -0.495 e. The number of hydrogen-bond donors (Lipinski definition) is 2. The van der Waals surface area contributed by atoms with E-state index < -0.39 is 11.9 Å². The minimum atomic E-state index is -0.952. The number of rotatable bonds is 3. The third-order valence-electron chi connectivity index (χ3n) is 3.00. The highest BCUT2D eigenvalue weighted by Gasteiger charge is 2.35. The number of aliphatic carboxylic acids is 1. The lowest BCUT2D eigenvalue weighted by Gasteiger charge is -2.17. The summed E-state index contributed by atoms with van der Waals surface area (Å²) >= 11 is 0. The Morgan fingerprint density at radius 2 is 2.28 bits per heavy atom. The average molecular weight is 250 g/mol. The molecule has 2 rings (SSSR count). The summed E-state index contributed by atoms with van der Waals surface area (Å²) in [4.78, 5) is 24.1. The van der Waals surface area contributed by atoms with Crippen LogP contribution < -0.4 is 15.4 Å². The molecule has 6 nitrogen and oxygen atoms in total. The first-order valence-corrected chi connectivity index (χ1v) is 5.49. The van der Waals surface area contributed by atoms with Crippen molar-refractivity contribution in [2.24, 2.45) is 5.92 Å². The van der Waals surface area contributed by atoms with Crippen LogP contribution in [0.5, 0.6) is 5.75 Å². The van der Waals surface area contributed by atoms with Crippen molar-refractivity contribution in [2.75, 3.05) is 24.3 Å². The van der Waals surface area contributed by atoms with Crippen LogP contribution in [0, 0.1) is 5.92 Å². The zero-order valence-corrected chi connectivity index (χ0v) is 9.92. The third kappa shape index (κ3) is 2.09. The Morgan fingerprint density at radius 3 is 2.78 bits per heavy atom. The summed E-state index contributed by atoms with van der Waals surface area (Å²) in [5, 5.41) is 8.91. The highest BCUT2D eigenvalue weighted by Crippen LogP contribution is 2.30. The van der Waals surface area contributed by atoms with Crippen molar-refractivity contribution in [1.82, 2.24) is 0 Å². The van der Waals surface area contributed by atoms with E-state index in [1.54, 1.807) is 18.2 Å². The molecule has 0 aliphatic carbocycles. The Labute approximate surface area is 104 Å². The van der Waals surface area contributed by atoms with E-state index >= 15 is 0 Å². The summed E-state index contributed by atoms with van der Waals surface area (Å²) in [5.41, 5.74) is 6.78. The molecule has 1 saturated heterocycles. The maximum Gasteiger partial charge on any atom is 0.308 e. The van der Waals surface area contributed by atoms with Gasteiger partial charge < -0.3 is 20.5 Å². The molecule has 3 N–H and O–H groups in total. The Bertz CT molecular complexity index is 501. The molecule has 18 heavy (non-hydrogen) atoms. The standard InChI is InChI=1S/C12H14N2O4/c1-18-10-3-2-8(5-9(10)13)14-6-7(12(16)17)4-11(14)15/h2-3,5,7H,4,6,13H2,1H3,(H,16,17). The number of carbonyl (C=O) groups is 2. The minimum absolute atomic E-state index is 0.0290. The molecule has 1 amide bonds. The Hall–Kier alpha value is -2.24. The van der Waals surface area contributed by atoms with Crippen LogP contribution in [0.2, 0.25) is 0 Å². The molecule has 1 aromatic rings. The molecule has 0 spiro atoms. The van der Waals surface area contributed by atoms with Crippen molar-refractivity contribution < 1.29 is 19.4 Å². The van der Waals surface area contributed by atoms with Gasteiger partial charge in [-0.05, 0) is 18.2 Å². The lowest BCUT2D eigenvalue weighted by atomic mass is 10.1. The van der Waals surface area contributed by atoms with Gasteiger partial charge in [-0.3, -0.25) is 9.59 Å². The molecular weight excluding hydrogens is 236 g/mol. The van der Waals surface area contributed by atoms with Gasteiger partial charge in [-0.1, -0.05) is 0 Å². The van der Waals surface area contributed by atoms with Crippen LogP contribution in [0.25, 0.3) is 0 Å². The number of nitrogens with two attached hydrogens (primary N) is 1. The molecule has 1 heterocycles. The van der Waals surface area contributed by atoms with Gasteiger partial charge in [0.05, 0.1) is 18.7 Å². The predicted octanol–water partition coefficient (Wildman–Crippen LogP) is 0.715. The van der Waals surface area contributed by atoms with E-state index in [1.807, 2.05) is 0 Å². The van der Waals surface area contributed by atoms with E-state index in [0.29, 0.717) is 17.1 Å². The first-order chi connectivity index (χ1) is 8.52. The van der Waals surface area contributed by atoms with Gasteiger partial charge in [-0.25, -0.2) is 0 Å². The zero-order chi connectivity index (χ0) is 13.3. The second kappa shape index (κ2) is 4.56. The van der Waals surface area contributed by atoms with Gasteiger partial charge in [0.25, 0.3) is 0 Å². The number of nitrogen functional groups attached to an aromatic ring is 1. The summed E-state index contributed by atoms with van der Waals surface area (Å²) < 4.78 is 5.03. The normalized spacial score (nSPS) is 19.1. The van der Waals surface area contributed by atoms with Gasteiger partial charge in [0, 0.05) is 18.7 Å². The number of carboxylic acids is 1. The molecule has 0 bridgehead atoms. The second-order valence-electron chi connectivity index (χ2n) is 4.17. The number of anilines is 2. The van der Waals surface area contributed by atoms with Crippen LogP contribution in [0.15, 0.2) is 18.2 Å². The van der Waals surface area contributed by atoms with E-state index in [0.717, 1.165) is 0 Å². The fraction of sp³-hybridized carbons (Fsp3) is 0.333. The van der Waals surface area contributed by atoms with Crippen LogP contribution in [-0.2, 0) is 9.59 Å². The number of carboxylic acid groups (broad SMARTS) is 1. The van der Waals surface area contributed by atoms with E-state index in [9.17, 15) is 9.59 Å². The number of ether oxygens (including phenoxy) is 1. The topological polar surface area (TPSA) is 92.9 Å². The van der Waals surface area contributed by atoms with Crippen molar-refractivity contribution in [3.05, 3.63) is 18.2 Å². The summed E-state index contributed by atoms with van der Waals surface area (Å²) in [6.07, 6.45) is 0.0290. The van der Waals surface area contributed by atoms with E-state index in [-0.39, 0.29) is 18.9 Å². The fourth-order valence-electron chi connectivity index (χ4n) is 2.01. The van der Waals surface area contributed by atoms with Gasteiger partial charge in [0.2, 0.25) is 5.91 Å². The number of methoxy groups -OCH3 is 1. The lowest BCUT2D eigenvalue weighted by Crippen LogP contribution is -2.25. The molecule has 0 aromatic heterocycles. The third-order valence-corrected chi connectivity index (χ3v) is 3.00. The van der Waals surface area contributed by atoms with E-state index in [2.05, 4.69) is 0 Å². The van der Waals surface area contributed by atoms with Crippen LogP contribution in [0.4, 0.5) is 11.4 Å². The van der Waals surface area contributed by atoms with Crippen LogP contribution in [-0.4, -0.2) is 30.6 Å². The second-order valence-corrected chi connectivity index (χ2v) is 4.17. The summed E-state index contributed by atoms with van der Waals surface area (Å²) in [5.74, 6) is -1.28. The molecule has 0 radical (unpaired) electrons. The smallest absolute Gasteiger partial charge is 0.308 e. The van der Waals surface area contributed by atoms with Gasteiger partial charge in [0.1, 0.15) is 5.75 Å². The number of nitrogens with zero attached hydrogens (tertiary/aromatic N) is 1. The lowest BCUT2D eigenvalue weighted by molar-refractivity contribution is -0.141. The van der Waals surface area contributed by atoms with Crippen LogP contribution >= 0.6 is 0 Å². The largest absolute Gasteiger partial charge is 0.495 e.